The second-order valence-corrected chi connectivity index (χ2v) is 7.24. The number of benzene rings is 3. The van der Waals surface area contributed by atoms with Crippen LogP contribution in [-0.4, -0.2) is 31.3 Å². The van der Waals surface area contributed by atoms with E-state index in [1.54, 1.807) is 73.7 Å². The zero-order chi connectivity index (χ0) is 22.7. The van der Waals surface area contributed by atoms with E-state index in [2.05, 4.69) is 4.74 Å². The number of carbonyl (C=O) groups is 3. The highest BCUT2D eigenvalue weighted by Gasteiger charge is 2.30. The molecule has 0 radical (unpaired) electrons. The van der Waals surface area contributed by atoms with E-state index in [0.717, 1.165) is 0 Å². The molecule has 0 saturated carbocycles. The Balaban J connectivity index is 1.51. The molecule has 0 N–H and O–H groups in total. The summed E-state index contributed by atoms with van der Waals surface area (Å²) in [6.07, 6.45) is 1.61. The van der Waals surface area contributed by atoms with Crippen molar-refractivity contribution in [1.82, 2.24) is 0 Å². The molecular weight excluding hydrogens is 408 g/mol. The largest absolute Gasteiger partial charge is 0.485 e. The van der Waals surface area contributed by atoms with E-state index in [1.165, 1.54) is 7.11 Å². The van der Waals surface area contributed by atoms with E-state index >= 15 is 0 Å². The highest BCUT2D eigenvalue weighted by Crippen LogP contribution is 2.37. The van der Waals surface area contributed by atoms with Gasteiger partial charge in [-0.25, -0.2) is 4.79 Å². The molecule has 3 aromatic rings. The maximum Gasteiger partial charge on any atom is 0.337 e. The van der Waals surface area contributed by atoms with Gasteiger partial charge in [-0.15, -0.1) is 0 Å². The molecular formula is C26H20O6. The Labute approximate surface area is 185 Å². The minimum atomic E-state index is -0.432. The fourth-order valence-electron chi connectivity index (χ4n) is 3.40. The van der Waals surface area contributed by atoms with E-state index in [9.17, 15) is 14.4 Å². The van der Waals surface area contributed by atoms with Crippen LogP contribution in [0, 0.1) is 6.92 Å². The monoisotopic (exact) mass is 428 g/mol. The number of hydrogen-bond acceptors (Lipinski definition) is 6. The number of methoxy groups -OCH3 is 1. The van der Waals surface area contributed by atoms with Crippen LogP contribution in [0.4, 0.5) is 0 Å². The number of ether oxygens (including phenoxy) is 3. The number of rotatable bonds is 6. The lowest BCUT2D eigenvalue weighted by Crippen LogP contribution is -2.11. The standard InChI is InChI=1S/C26H20O6/c1-16-12-20(31-15-21(27)18-6-4-3-5-7-18)14-22-24(16)25(28)23(32-22)13-17-8-10-19(11-9-17)26(29)30-2/h3-14H,15H2,1-2H3/b23-13-. The van der Waals surface area contributed by atoms with E-state index in [1.807, 2.05) is 6.07 Å². The number of carbonyl (C=O) groups excluding carboxylic acids is 3. The van der Waals surface area contributed by atoms with E-state index in [0.29, 0.717) is 39.3 Å². The predicted molar refractivity (Wildman–Crippen MR) is 118 cm³/mol. The molecule has 3 aromatic carbocycles. The normalized spacial score (nSPS) is 13.4. The molecule has 1 heterocycles. The highest BCUT2D eigenvalue weighted by molar-refractivity contribution is 6.15. The lowest BCUT2D eigenvalue weighted by atomic mass is 10.0. The second kappa shape index (κ2) is 8.89. The van der Waals surface area contributed by atoms with E-state index in [4.69, 9.17) is 9.47 Å². The van der Waals surface area contributed by atoms with Gasteiger partial charge in [-0.2, -0.15) is 0 Å². The van der Waals surface area contributed by atoms with Gasteiger partial charge in [0.25, 0.3) is 0 Å². The summed E-state index contributed by atoms with van der Waals surface area (Å²) in [7, 11) is 1.32. The molecule has 4 rings (SSSR count). The molecule has 1 aliphatic rings. The number of esters is 1. The summed E-state index contributed by atoms with van der Waals surface area (Å²) in [4.78, 5) is 36.7. The van der Waals surface area contributed by atoms with Crippen molar-refractivity contribution in [3.63, 3.8) is 0 Å². The van der Waals surface area contributed by atoms with Gasteiger partial charge in [-0.1, -0.05) is 42.5 Å². The van der Waals surface area contributed by atoms with Crippen LogP contribution >= 0.6 is 0 Å². The number of hydrogen-bond donors (Lipinski definition) is 0. The average Bonchev–Trinajstić information content (AvgIpc) is 3.13. The molecule has 0 atom stereocenters. The molecule has 0 spiro atoms. The first-order valence-corrected chi connectivity index (χ1v) is 9.94. The molecule has 160 valence electrons. The van der Waals surface area contributed by atoms with Gasteiger partial charge in [0.05, 0.1) is 18.2 Å². The van der Waals surface area contributed by atoms with Gasteiger partial charge in [0.2, 0.25) is 5.78 Å². The topological polar surface area (TPSA) is 78.9 Å². The first-order chi connectivity index (χ1) is 15.5. The summed E-state index contributed by atoms with van der Waals surface area (Å²) in [6, 6.07) is 18.9. The third kappa shape index (κ3) is 4.30. The van der Waals surface area contributed by atoms with Crippen molar-refractivity contribution in [3.8, 4) is 11.5 Å². The maximum atomic E-state index is 12.8. The van der Waals surface area contributed by atoms with Crippen molar-refractivity contribution in [2.24, 2.45) is 0 Å². The Morgan fingerprint density at radius 3 is 2.38 bits per heavy atom. The van der Waals surface area contributed by atoms with Crippen LogP contribution < -0.4 is 9.47 Å². The molecule has 0 aliphatic carbocycles. The fraction of sp³-hybridized carbons (Fsp3) is 0.115. The fourth-order valence-corrected chi connectivity index (χ4v) is 3.40. The Morgan fingerprint density at radius 2 is 1.69 bits per heavy atom. The smallest absolute Gasteiger partial charge is 0.337 e. The van der Waals surface area contributed by atoms with Gasteiger partial charge < -0.3 is 14.2 Å². The Hall–Kier alpha value is -4.19. The van der Waals surface area contributed by atoms with Crippen LogP contribution in [0.3, 0.4) is 0 Å². The number of aryl methyl sites for hydroxylation is 1. The van der Waals surface area contributed by atoms with Crippen molar-refractivity contribution in [3.05, 3.63) is 100 Å². The zero-order valence-electron chi connectivity index (χ0n) is 17.6. The quantitative estimate of drug-likeness (QED) is 0.323. The van der Waals surface area contributed by atoms with Gasteiger partial charge in [0.1, 0.15) is 11.5 Å². The van der Waals surface area contributed by atoms with Crippen LogP contribution in [0.5, 0.6) is 11.5 Å². The second-order valence-electron chi connectivity index (χ2n) is 7.24. The van der Waals surface area contributed by atoms with Crippen molar-refractivity contribution in [2.45, 2.75) is 6.92 Å². The third-order valence-corrected chi connectivity index (χ3v) is 5.04. The summed E-state index contributed by atoms with van der Waals surface area (Å²) in [6.45, 7) is 1.67. The summed E-state index contributed by atoms with van der Waals surface area (Å²) in [5.74, 6) is 0.194. The Kier molecular flexibility index (Phi) is 5.85. The molecule has 0 unspecified atom stereocenters. The summed E-state index contributed by atoms with van der Waals surface area (Å²) in [5, 5.41) is 0. The minimum absolute atomic E-state index is 0.120. The first kappa shape index (κ1) is 21.1. The van der Waals surface area contributed by atoms with Gasteiger partial charge in [-0.3, -0.25) is 9.59 Å². The predicted octanol–water partition coefficient (Wildman–Crippen LogP) is 4.66. The highest BCUT2D eigenvalue weighted by atomic mass is 16.5. The van der Waals surface area contributed by atoms with Gasteiger partial charge in [0, 0.05) is 11.6 Å². The molecule has 32 heavy (non-hydrogen) atoms. The van der Waals surface area contributed by atoms with Crippen molar-refractivity contribution >= 4 is 23.6 Å². The molecule has 0 amide bonds. The van der Waals surface area contributed by atoms with Gasteiger partial charge in [0.15, 0.2) is 18.1 Å². The molecule has 6 nitrogen and oxygen atoms in total. The maximum absolute atomic E-state index is 12.8. The number of allylic oxidation sites excluding steroid dienone is 1. The van der Waals surface area contributed by atoms with Crippen molar-refractivity contribution < 1.29 is 28.6 Å². The first-order valence-electron chi connectivity index (χ1n) is 9.94. The minimum Gasteiger partial charge on any atom is -0.485 e. The molecule has 0 bridgehead atoms. The summed E-state index contributed by atoms with van der Waals surface area (Å²) < 4.78 is 16.1. The third-order valence-electron chi connectivity index (χ3n) is 5.04. The van der Waals surface area contributed by atoms with Crippen LogP contribution in [-0.2, 0) is 4.74 Å². The molecule has 0 saturated heterocycles. The number of Topliss-reactive ketones (excluding diaryl/α,β-unsaturated/α-hetero) is 2. The lowest BCUT2D eigenvalue weighted by Gasteiger charge is -2.08. The zero-order valence-corrected chi connectivity index (χ0v) is 17.6. The van der Waals surface area contributed by atoms with Crippen LogP contribution in [0.15, 0.2) is 72.5 Å². The van der Waals surface area contributed by atoms with Crippen molar-refractivity contribution in [2.75, 3.05) is 13.7 Å². The van der Waals surface area contributed by atoms with Crippen LogP contribution in [0.25, 0.3) is 6.08 Å². The SMILES string of the molecule is COC(=O)c1ccc(/C=C2\Oc3cc(OCC(=O)c4ccccc4)cc(C)c3C2=O)cc1. The average molecular weight is 428 g/mol. The number of ketones is 2. The van der Waals surface area contributed by atoms with E-state index < -0.39 is 5.97 Å². The Bertz CT molecular complexity index is 1220. The van der Waals surface area contributed by atoms with Crippen LogP contribution in [0.2, 0.25) is 0 Å². The van der Waals surface area contributed by atoms with Crippen molar-refractivity contribution in [1.29, 1.82) is 0 Å². The molecule has 0 aromatic heterocycles. The molecule has 6 heteroatoms. The van der Waals surface area contributed by atoms with Gasteiger partial charge in [-0.05, 0) is 42.3 Å². The number of fused-ring (bicyclic) bond motifs is 1. The van der Waals surface area contributed by atoms with E-state index in [-0.39, 0.29) is 23.9 Å². The molecule has 0 fully saturated rings. The van der Waals surface area contributed by atoms with Crippen LogP contribution in [0.1, 0.15) is 42.2 Å². The Morgan fingerprint density at radius 1 is 0.969 bits per heavy atom. The molecule has 1 aliphatic heterocycles. The lowest BCUT2D eigenvalue weighted by molar-refractivity contribution is 0.0600. The summed E-state index contributed by atoms with van der Waals surface area (Å²) >= 11 is 0. The summed E-state index contributed by atoms with van der Waals surface area (Å²) in [5.41, 5.74) is 2.85. The van der Waals surface area contributed by atoms with Gasteiger partial charge >= 0.3 is 5.97 Å².